The van der Waals surface area contributed by atoms with E-state index in [1.54, 1.807) is 0 Å². The van der Waals surface area contributed by atoms with Gasteiger partial charge in [-0.15, -0.1) is 0 Å². The lowest BCUT2D eigenvalue weighted by Crippen LogP contribution is -2.15. The first-order chi connectivity index (χ1) is 6.62. The zero-order chi connectivity index (χ0) is 10.2. The van der Waals surface area contributed by atoms with E-state index in [1.807, 2.05) is 0 Å². The molecule has 1 atom stereocenters. The van der Waals surface area contributed by atoms with Crippen LogP contribution >= 0.6 is 38.5 Å². The SMILES string of the molecule is CC(Br)C1(Cc2ccc(I)cc2)CC1. The molecule has 1 aliphatic carbocycles. The van der Waals surface area contributed by atoms with Crippen LogP contribution in [0.3, 0.4) is 0 Å². The molecule has 0 spiro atoms. The van der Waals surface area contributed by atoms with E-state index in [1.165, 1.54) is 28.4 Å². The molecule has 2 rings (SSSR count). The monoisotopic (exact) mass is 364 g/mol. The second-order valence-corrected chi connectivity index (χ2v) is 6.90. The van der Waals surface area contributed by atoms with E-state index in [-0.39, 0.29) is 0 Å². The Morgan fingerprint density at radius 1 is 1.36 bits per heavy atom. The van der Waals surface area contributed by atoms with Gasteiger partial charge in [0, 0.05) is 8.40 Å². The molecular weight excluding hydrogens is 351 g/mol. The van der Waals surface area contributed by atoms with E-state index < -0.39 is 0 Å². The van der Waals surface area contributed by atoms with Gasteiger partial charge in [0.25, 0.3) is 0 Å². The van der Waals surface area contributed by atoms with Crippen LogP contribution in [0.15, 0.2) is 24.3 Å². The van der Waals surface area contributed by atoms with Gasteiger partial charge in [-0.25, -0.2) is 0 Å². The molecule has 0 amide bonds. The maximum absolute atomic E-state index is 3.73. The molecule has 0 N–H and O–H groups in total. The largest absolute Gasteiger partial charge is 0.0888 e. The quantitative estimate of drug-likeness (QED) is 0.551. The van der Waals surface area contributed by atoms with Gasteiger partial charge < -0.3 is 0 Å². The van der Waals surface area contributed by atoms with Crippen LogP contribution in [0.5, 0.6) is 0 Å². The van der Waals surface area contributed by atoms with Crippen molar-refractivity contribution in [2.45, 2.75) is 31.0 Å². The minimum atomic E-state index is 0.562. The van der Waals surface area contributed by atoms with Crippen molar-refractivity contribution in [3.63, 3.8) is 0 Å². The van der Waals surface area contributed by atoms with Gasteiger partial charge in [0.2, 0.25) is 0 Å². The van der Waals surface area contributed by atoms with E-state index in [9.17, 15) is 0 Å². The average Bonchev–Trinajstić information content (AvgIpc) is 2.90. The lowest BCUT2D eigenvalue weighted by atomic mass is 9.94. The predicted molar refractivity (Wildman–Crippen MR) is 72.9 cm³/mol. The third-order valence-corrected chi connectivity index (χ3v) is 4.90. The summed E-state index contributed by atoms with van der Waals surface area (Å²) in [4.78, 5) is 0.647. The first-order valence-electron chi connectivity index (χ1n) is 5.01. The maximum Gasteiger partial charge on any atom is 0.0177 e. The first-order valence-corrected chi connectivity index (χ1v) is 7.00. The number of rotatable bonds is 3. The van der Waals surface area contributed by atoms with Crippen molar-refractivity contribution in [3.8, 4) is 0 Å². The summed E-state index contributed by atoms with van der Waals surface area (Å²) in [5.41, 5.74) is 2.04. The molecule has 1 aromatic carbocycles. The molecule has 76 valence electrons. The summed E-state index contributed by atoms with van der Waals surface area (Å²) >= 11 is 6.08. The lowest BCUT2D eigenvalue weighted by Gasteiger charge is -2.17. The van der Waals surface area contributed by atoms with E-state index >= 15 is 0 Å². The van der Waals surface area contributed by atoms with Crippen LogP contribution in [0.4, 0.5) is 0 Å². The molecule has 1 fully saturated rings. The molecule has 0 aliphatic heterocycles. The minimum Gasteiger partial charge on any atom is -0.0888 e. The summed E-state index contributed by atoms with van der Waals surface area (Å²) in [6.45, 7) is 2.28. The van der Waals surface area contributed by atoms with Crippen molar-refractivity contribution < 1.29 is 0 Å². The second kappa shape index (κ2) is 4.12. The van der Waals surface area contributed by atoms with Gasteiger partial charge in [-0.05, 0) is 65.0 Å². The van der Waals surface area contributed by atoms with Crippen molar-refractivity contribution in [3.05, 3.63) is 33.4 Å². The van der Waals surface area contributed by atoms with Gasteiger partial charge in [0.15, 0.2) is 0 Å². The lowest BCUT2D eigenvalue weighted by molar-refractivity contribution is 0.509. The van der Waals surface area contributed by atoms with Crippen molar-refractivity contribution in [1.29, 1.82) is 0 Å². The van der Waals surface area contributed by atoms with Crippen LogP contribution in [0.1, 0.15) is 25.3 Å². The fourth-order valence-electron chi connectivity index (χ4n) is 1.88. The van der Waals surface area contributed by atoms with Crippen LogP contribution in [0.25, 0.3) is 0 Å². The Labute approximate surface area is 108 Å². The second-order valence-electron chi connectivity index (χ2n) is 4.28. The fraction of sp³-hybridized carbons (Fsp3) is 0.500. The Bertz CT molecular complexity index is 312. The van der Waals surface area contributed by atoms with Crippen molar-refractivity contribution in [2.24, 2.45) is 5.41 Å². The summed E-state index contributed by atoms with van der Waals surface area (Å²) in [7, 11) is 0. The Morgan fingerprint density at radius 3 is 2.36 bits per heavy atom. The summed E-state index contributed by atoms with van der Waals surface area (Å²) in [5, 5.41) is 0. The summed E-state index contributed by atoms with van der Waals surface area (Å²) < 4.78 is 1.32. The fourth-order valence-corrected chi connectivity index (χ4v) is 2.86. The van der Waals surface area contributed by atoms with Crippen LogP contribution in [0.2, 0.25) is 0 Å². The van der Waals surface area contributed by atoms with Gasteiger partial charge in [-0.1, -0.05) is 35.0 Å². The molecule has 14 heavy (non-hydrogen) atoms. The standard InChI is InChI=1S/C12H14BrI/c1-9(13)12(6-7-12)8-10-2-4-11(14)5-3-10/h2-5,9H,6-8H2,1H3. The highest BCUT2D eigenvalue weighted by molar-refractivity contribution is 14.1. The van der Waals surface area contributed by atoms with E-state index in [0.29, 0.717) is 10.2 Å². The van der Waals surface area contributed by atoms with Gasteiger partial charge in [0.05, 0.1) is 0 Å². The van der Waals surface area contributed by atoms with Crippen molar-refractivity contribution in [1.82, 2.24) is 0 Å². The zero-order valence-electron chi connectivity index (χ0n) is 8.26. The van der Waals surface area contributed by atoms with Crippen LogP contribution in [-0.4, -0.2) is 4.83 Å². The Balaban J connectivity index is 2.08. The highest BCUT2D eigenvalue weighted by Gasteiger charge is 2.45. The molecule has 0 aromatic heterocycles. The molecule has 0 nitrogen and oxygen atoms in total. The highest BCUT2D eigenvalue weighted by atomic mass is 127. The van der Waals surface area contributed by atoms with Gasteiger partial charge in [0.1, 0.15) is 0 Å². The summed E-state index contributed by atoms with van der Waals surface area (Å²) in [6.07, 6.45) is 3.99. The van der Waals surface area contributed by atoms with Crippen molar-refractivity contribution in [2.75, 3.05) is 0 Å². The molecule has 1 aliphatic rings. The van der Waals surface area contributed by atoms with E-state index in [2.05, 4.69) is 69.7 Å². The Morgan fingerprint density at radius 2 is 1.93 bits per heavy atom. The van der Waals surface area contributed by atoms with Gasteiger partial charge in [-0.2, -0.15) is 0 Å². The average molecular weight is 365 g/mol. The van der Waals surface area contributed by atoms with E-state index in [0.717, 1.165) is 0 Å². The third-order valence-electron chi connectivity index (χ3n) is 3.21. The molecule has 1 saturated carbocycles. The first kappa shape index (κ1) is 10.9. The number of hydrogen-bond donors (Lipinski definition) is 0. The van der Waals surface area contributed by atoms with E-state index in [4.69, 9.17) is 0 Å². The van der Waals surface area contributed by atoms with Crippen LogP contribution in [-0.2, 0) is 6.42 Å². The maximum atomic E-state index is 3.73. The molecule has 0 radical (unpaired) electrons. The number of halogens is 2. The molecule has 0 heterocycles. The van der Waals surface area contributed by atoms with Crippen LogP contribution < -0.4 is 0 Å². The normalized spacial score (nSPS) is 20.5. The molecular formula is C12H14BrI. The summed E-state index contributed by atoms with van der Waals surface area (Å²) in [5.74, 6) is 0. The number of alkyl halides is 1. The summed E-state index contributed by atoms with van der Waals surface area (Å²) in [6, 6.07) is 8.92. The Hall–Kier alpha value is 0.430. The molecule has 0 bridgehead atoms. The Kier molecular flexibility index (Phi) is 3.22. The smallest absolute Gasteiger partial charge is 0.0177 e. The molecule has 0 saturated heterocycles. The van der Waals surface area contributed by atoms with Crippen LogP contribution in [0, 0.1) is 8.99 Å². The number of hydrogen-bond acceptors (Lipinski definition) is 0. The molecule has 1 unspecified atom stereocenters. The number of benzene rings is 1. The van der Waals surface area contributed by atoms with Gasteiger partial charge in [-0.3, -0.25) is 0 Å². The topological polar surface area (TPSA) is 0 Å². The highest BCUT2D eigenvalue weighted by Crippen LogP contribution is 2.53. The third kappa shape index (κ3) is 2.32. The van der Waals surface area contributed by atoms with Crippen molar-refractivity contribution >= 4 is 38.5 Å². The molecule has 1 aromatic rings. The minimum absolute atomic E-state index is 0.562. The zero-order valence-corrected chi connectivity index (χ0v) is 12.0. The predicted octanol–water partition coefficient (Wildman–Crippen LogP) is 4.40. The van der Waals surface area contributed by atoms with Gasteiger partial charge >= 0.3 is 0 Å². The molecule has 2 heteroatoms.